The van der Waals surface area contributed by atoms with Gasteiger partial charge < -0.3 is 7.43 Å². The van der Waals surface area contributed by atoms with Crippen LogP contribution in [0.15, 0.2) is 54.6 Å². The molecule has 0 saturated heterocycles. The van der Waals surface area contributed by atoms with Crippen LogP contribution in [0, 0.1) is 21.3 Å². The molecular formula is C16H18Cl2Ru-2. The maximum absolute atomic E-state index is 5.67. The Morgan fingerprint density at radius 1 is 0.947 bits per heavy atom. The van der Waals surface area contributed by atoms with Crippen LogP contribution in [0.4, 0.5) is 0 Å². The minimum atomic E-state index is -1.61. The van der Waals surface area contributed by atoms with Gasteiger partial charge in [-0.2, -0.15) is 24.6 Å². The van der Waals surface area contributed by atoms with E-state index in [0.717, 1.165) is 11.1 Å². The first-order valence-corrected chi connectivity index (χ1v) is 10.8. The first kappa shape index (κ1) is 18.4. The zero-order valence-corrected chi connectivity index (χ0v) is 14.3. The van der Waals surface area contributed by atoms with Crippen LogP contribution in [-0.2, 0) is 13.5 Å². The van der Waals surface area contributed by atoms with Crippen molar-refractivity contribution in [1.82, 2.24) is 0 Å². The van der Waals surface area contributed by atoms with Crippen molar-refractivity contribution in [2.75, 3.05) is 0 Å². The van der Waals surface area contributed by atoms with Crippen molar-refractivity contribution >= 4 is 24.0 Å². The van der Waals surface area contributed by atoms with E-state index in [0.29, 0.717) is 0 Å². The van der Waals surface area contributed by atoms with Crippen LogP contribution >= 0.6 is 19.4 Å². The van der Waals surface area contributed by atoms with Crippen molar-refractivity contribution in [2.45, 2.75) is 6.92 Å². The summed E-state index contributed by atoms with van der Waals surface area (Å²) in [7, 11) is 11.3. The van der Waals surface area contributed by atoms with E-state index >= 15 is 0 Å². The molecule has 0 fully saturated rings. The molecule has 3 heteroatoms. The topological polar surface area (TPSA) is 0 Å². The van der Waals surface area contributed by atoms with Crippen LogP contribution in [0.5, 0.6) is 0 Å². The summed E-state index contributed by atoms with van der Waals surface area (Å²) in [5.74, 6) is 0. The van der Waals surface area contributed by atoms with Gasteiger partial charge in [0.15, 0.2) is 0 Å². The van der Waals surface area contributed by atoms with Gasteiger partial charge in [-0.3, -0.25) is 0 Å². The van der Waals surface area contributed by atoms with Crippen LogP contribution in [-0.4, -0.2) is 4.61 Å². The summed E-state index contributed by atoms with van der Waals surface area (Å²) in [6.45, 7) is 5.83. The van der Waals surface area contributed by atoms with Crippen molar-refractivity contribution in [1.29, 1.82) is 0 Å². The number of halogens is 2. The van der Waals surface area contributed by atoms with E-state index in [9.17, 15) is 0 Å². The van der Waals surface area contributed by atoms with Crippen LogP contribution in [0.1, 0.15) is 16.7 Å². The quantitative estimate of drug-likeness (QED) is 0.458. The summed E-state index contributed by atoms with van der Waals surface area (Å²) in [6, 6.07) is 18.0. The fraction of sp³-hybridized carbons (Fsp3) is 0.0625. The number of hydrogen-bond acceptors (Lipinski definition) is 0. The molecule has 0 nitrogen and oxygen atoms in total. The maximum atomic E-state index is 5.67. The molecule has 0 heterocycles. The summed E-state index contributed by atoms with van der Waals surface area (Å²) in [4.78, 5) is 0. The molecule has 2 rings (SSSR count). The summed E-state index contributed by atoms with van der Waals surface area (Å²) in [5.41, 5.74) is 3.49. The van der Waals surface area contributed by atoms with Gasteiger partial charge in [-0.05, 0) is 6.92 Å². The van der Waals surface area contributed by atoms with Crippen LogP contribution < -0.4 is 0 Å². The number of aryl methyl sites for hydroxylation is 1. The Bertz CT molecular complexity index is 465. The first-order valence-electron chi connectivity index (χ1n) is 5.35. The van der Waals surface area contributed by atoms with E-state index < -0.39 is 13.5 Å². The van der Waals surface area contributed by atoms with Gasteiger partial charge in [0.2, 0.25) is 0 Å². The van der Waals surface area contributed by atoms with Crippen molar-refractivity contribution < 1.29 is 13.5 Å². The van der Waals surface area contributed by atoms with E-state index in [1.165, 1.54) is 5.56 Å². The molecule has 0 aliphatic rings. The molecule has 0 aliphatic heterocycles. The van der Waals surface area contributed by atoms with Gasteiger partial charge in [-0.1, -0.05) is 5.56 Å². The molecule has 0 bridgehead atoms. The standard InChI is InChI=1S/C8H9.C7H6.CH3.2ClH.Ru/c1-7-3-5-8(2)6-4-7;1-7-5-3-2-4-6-7;;;;/h3-6H,1H2,2H3;1-6H;1H3;2*1H;/q-1;;-1;;;+2/p-2. The molecule has 2 aromatic rings. The number of hydrogen-bond donors (Lipinski definition) is 0. The Balaban J connectivity index is 0.000000331. The van der Waals surface area contributed by atoms with Gasteiger partial charge in [0, 0.05) is 0 Å². The monoisotopic (exact) mass is 382 g/mol. The molecule has 0 spiro atoms. The average molecular weight is 382 g/mol. The summed E-state index contributed by atoms with van der Waals surface area (Å²) < 4.78 is 1.92. The molecule has 0 unspecified atom stereocenters. The second-order valence-corrected chi connectivity index (χ2v) is 9.43. The summed E-state index contributed by atoms with van der Waals surface area (Å²) in [5, 5.41) is 0. The molecular weight excluding hydrogens is 364 g/mol. The van der Waals surface area contributed by atoms with E-state index in [-0.39, 0.29) is 7.43 Å². The SMILES string of the molecule is [CH2-]c1ccc(C)cc1.[CH3-].[Cl][Ru]([Cl])=[CH]c1ccccc1. The van der Waals surface area contributed by atoms with Crippen molar-refractivity contribution in [3.05, 3.63) is 85.6 Å². The number of rotatable bonds is 1. The summed E-state index contributed by atoms with van der Waals surface area (Å²) >= 11 is -1.61. The molecule has 0 atom stereocenters. The Kier molecular flexibility index (Phi) is 9.87. The van der Waals surface area contributed by atoms with Crippen LogP contribution in [0.25, 0.3) is 0 Å². The Hall–Kier alpha value is -0.617. The third-order valence-corrected chi connectivity index (χ3v) is 3.99. The van der Waals surface area contributed by atoms with Gasteiger partial charge in [-0.15, -0.1) is 12.1 Å². The molecule has 0 saturated carbocycles. The Morgan fingerprint density at radius 2 is 1.47 bits per heavy atom. The second-order valence-electron chi connectivity index (χ2n) is 3.70. The normalized spacial score (nSPS) is 9.53. The van der Waals surface area contributed by atoms with Crippen LogP contribution in [0.3, 0.4) is 0 Å². The van der Waals surface area contributed by atoms with Crippen molar-refractivity contribution in [2.24, 2.45) is 0 Å². The fourth-order valence-electron chi connectivity index (χ4n) is 1.20. The predicted molar refractivity (Wildman–Crippen MR) is 85.4 cm³/mol. The van der Waals surface area contributed by atoms with Gasteiger partial charge in [-0.25, -0.2) is 0 Å². The van der Waals surface area contributed by atoms with Gasteiger partial charge >= 0.3 is 73.4 Å². The van der Waals surface area contributed by atoms with Gasteiger partial charge in [0.25, 0.3) is 0 Å². The van der Waals surface area contributed by atoms with Crippen LogP contribution in [0.2, 0.25) is 0 Å². The van der Waals surface area contributed by atoms with E-state index in [1.54, 1.807) is 0 Å². The van der Waals surface area contributed by atoms with Gasteiger partial charge in [0.1, 0.15) is 0 Å². The summed E-state index contributed by atoms with van der Waals surface area (Å²) in [6.07, 6.45) is 0. The fourth-order valence-corrected chi connectivity index (χ4v) is 3.02. The third-order valence-electron chi connectivity index (χ3n) is 2.12. The molecule has 0 radical (unpaired) electrons. The minimum absolute atomic E-state index is 0. The second kappa shape index (κ2) is 10.2. The Labute approximate surface area is 129 Å². The molecule has 0 aromatic heterocycles. The molecule has 0 aliphatic carbocycles. The predicted octanol–water partition coefficient (Wildman–Crippen LogP) is 5.39. The molecule has 2 aromatic carbocycles. The van der Waals surface area contributed by atoms with Crippen molar-refractivity contribution in [3.8, 4) is 0 Å². The molecule has 0 amide bonds. The molecule has 0 N–H and O–H groups in total. The Morgan fingerprint density at radius 3 is 1.89 bits per heavy atom. The van der Waals surface area contributed by atoms with Crippen molar-refractivity contribution in [3.63, 3.8) is 0 Å². The zero-order chi connectivity index (χ0) is 13.4. The van der Waals surface area contributed by atoms with Gasteiger partial charge in [0.05, 0.1) is 0 Å². The molecule has 106 valence electrons. The van der Waals surface area contributed by atoms with E-state index in [4.69, 9.17) is 19.4 Å². The van der Waals surface area contributed by atoms with E-state index in [2.05, 4.69) is 26.0 Å². The average Bonchev–Trinajstić information content (AvgIpc) is 2.34. The van der Waals surface area contributed by atoms with E-state index in [1.807, 2.05) is 47.1 Å². The first-order chi connectivity index (χ1) is 8.58. The number of benzene rings is 2. The third kappa shape index (κ3) is 9.00. The zero-order valence-electron chi connectivity index (χ0n) is 11.1. The molecule has 19 heavy (non-hydrogen) atoms.